The standard InChI is InChI=1S/C35H38N6O13S/c1-6-38-14-15-39(32(49)31(38)48)40(19-43)26(23-12-13-24(53-20(2)44)25(16-23)54-21(3)45)29(46)37-27-30(47)41-28(33(50)52-17-22-10-8-7-9-11-22)34(4,5)55(51)35(27,41)36-18-42/h7-13,16,18-19,26-28H,6,14-15,17H2,1-5H3,(H,36,42)(H,37,46)/t26?,27-,28+,35?,55?/m1/s1. The van der Waals surface area contributed by atoms with Crippen molar-refractivity contribution in [3.8, 4) is 11.5 Å². The van der Waals surface area contributed by atoms with Crippen molar-refractivity contribution in [1.82, 2.24) is 30.5 Å². The lowest BCUT2D eigenvalue weighted by Crippen LogP contribution is -2.85. The molecule has 6 amide bonds. The maximum absolute atomic E-state index is 14.5. The molecular formula is C35H38N6O13S. The van der Waals surface area contributed by atoms with Crippen LogP contribution in [0.3, 0.4) is 0 Å². The number of β-lactam (4-membered cyclic amide) rings is 1. The van der Waals surface area contributed by atoms with Gasteiger partial charge in [0.05, 0.1) is 6.54 Å². The zero-order valence-corrected chi connectivity index (χ0v) is 31.2. The number of esters is 3. The zero-order valence-electron chi connectivity index (χ0n) is 30.3. The van der Waals surface area contributed by atoms with Gasteiger partial charge < -0.3 is 29.0 Å². The number of hydrogen-bond acceptors (Lipinski definition) is 13. The molecular weight excluding hydrogens is 744 g/mol. The monoisotopic (exact) mass is 782 g/mol. The third-order valence-corrected chi connectivity index (χ3v) is 11.6. The van der Waals surface area contributed by atoms with E-state index in [0.717, 1.165) is 35.9 Å². The van der Waals surface area contributed by atoms with Crippen LogP contribution in [0.5, 0.6) is 11.5 Å². The molecule has 3 unspecified atom stereocenters. The molecule has 0 spiro atoms. The minimum absolute atomic E-state index is 0.0257. The first-order chi connectivity index (χ1) is 26.0. The number of fused-ring (bicyclic) bond motifs is 1. The maximum atomic E-state index is 14.5. The number of carbonyl (C=O) groups is 9. The van der Waals surface area contributed by atoms with Crippen LogP contribution in [0.1, 0.15) is 51.8 Å². The van der Waals surface area contributed by atoms with Crippen LogP contribution in [0.4, 0.5) is 0 Å². The topological polar surface area (TPSA) is 241 Å². The predicted octanol–water partition coefficient (Wildman–Crippen LogP) is -0.978. The number of nitrogens with zero attached hydrogens (tertiary/aromatic N) is 4. The molecule has 2 aromatic carbocycles. The number of rotatable bonds is 14. The van der Waals surface area contributed by atoms with E-state index in [2.05, 4.69) is 10.6 Å². The number of amides is 6. The molecule has 0 aliphatic carbocycles. The molecule has 5 rings (SSSR count). The van der Waals surface area contributed by atoms with Gasteiger partial charge in [-0.1, -0.05) is 36.4 Å². The Morgan fingerprint density at radius 1 is 0.982 bits per heavy atom. The summed E-state index contributed by atoms with van der Waals surface area (Å²) in [5, 5.41) is 6.12. The lowest BCUT2D eigenvalue weighted by Gasteiger charge is -2.51. The van der Waals surface area contributed by atoms with E-state index < -0.39 is 80.6 Å². The Balaban J connectivity index is 1.54. The summed E-state index contributed by atoms with van der Waals surface area (Å²) in [6, 6.07) is 6.81. The Morgan fingerprint density at radius 3 is 2.24 bits per heavy atom. The van der Waals surface area contributed by atoms with E-state index in [1.807, 2.05) is 0 Å². The Kier molecular flexibility index (Phi) is 11.5. The number of hydrazine groups is 1. The van der Waals surface area contributed by atoms with Gasteiger partial charge in [0, 0.05) is 38.1 Å². The molecule has 3 saturated heterocycles. The van der Waals surface area contributed by atoms with Crippen LogP contribution < -0.4 is 20.1 Å². The van der Waals surface area contributed by atoms with Gasteiger partial charge in [-0.25, -0.2) is 14.8 Å². The summed E-state index contributed by atoms with van der Waals surface area (Å²) in [6.07, 6.45) is 0.239. The highest BCUT2D eigenvalue weighted by atomic mass is 32.2. The van der Waals surface area contributed by atoms with Gasteiger partial charge in [-0.15, -0.1) is 0 Å². The summed E-state index contributed by atoms with van der Waals surface area (Å²) in [6.45, 7) is 6.33. The summed E-state index contributed by atoms with van der Waals surface area (Å²) >= 11 is -2.31. The smallest absolute Gasteiger partial charge is 0.335 e. The van der Waals surface area contributed by atoms with Crippen LogP contribution >= 0.6 is 0 Å². The molecule has 20 heteroatoms. The fourth-order valence-corrected chi connectivity index (χ4v) is 8.89. The van der Waals surface area contributed by atoms with Crippen molar-refractivity contribution in [2.45, 2.75) is 69.1 Å². The van der Waals surface area contributed by atoms with Gasteiger partial charge in [0.1, 0.15) is 6.61 Å². The van der Waals surface area contributed by atoms with Gasteiger partial charge in [-0.3, -0.25) is 48.6 Å². The molecule has 292 valence electrons. The van der Waals surface area contributed by atoms with Gasteiger partial charge in [0.15, 0.2) is 28.3 Å². The Bertz CT molecular complexity index is 1930. The van der Waals surface area contributed by atoms with Crippen LogP contribution in [0.25, 0.3) is 0 Å². The van der Waals surface area contributed by atoms with Crippen molar-refractivity contribution in [1.29, 1.82) is 0 Å². The lowest BCUT2D eigenvalue weighted by molar-refractivity contribution is -0.179. The first kappa shape index (κ1) is 40.2. The number of hydrogen-bond donors (Lipinski definition) is 2. The number of ether oxygens (including phenoxy) is 3. The minimum atomic E-state index is -2.31. The van der Waals surface area contributed by atoms with Crippen molar-refractivity contribution < 1.29 is 61.9 Å². The fraction of sp³-hybridized carbons (Fsp3) is 0.400. The second-order valence-corrected chi connectivity index (χ2v) is 15.3. The average molecular weight is 783 g/mol. The highest BCUT2D eigenvalue weighted by Crippen LogP contribution is 2.52. The molecule has 0 radical (unpaired) electrons. The number of likely N-dealkylation sites (N-methyl/N-ethyl adjacent to an activating group) is 1. The number of nitrogens with one attached hydrogen (secondary N) is 2. The fourth-order valence-electron chi connectivity index (χ4n) is 6.78. The molecule has 3 fully saturated rings. The SMILES string of the molecule is CCN1CCN(N(C=O)C(C(=O)N[C@@H]2C(=O)N3[C@@H](C(=O)OCc4ccccc4)C(C)(C)[S+]([O-])C23NC=O)c2ccc(OC(C)=O)c(OC(C)=O)c2)C(=O)C1=O. The number of piperazine rings is 1. The van der Waals surface area contributed by atoms with E-state index in [4.69, 9.17) is 14.2 Å². The molecule has 0 aromatic heterocycles. The van der Waals surface area contributed by atoms with Crippen molar-refractivity contribution >= 4 is 65.5 Å². The Hall–Kier alpha value is -6.02. The van der Waals surface area contributed by atoms with Gasteiger partial charge in [0.25, 0.3) is 5.91 Å². The van der Waals surface area contributed by atoms with Crippen molar-refractivity contribution in [3.63, 3.8) is 0 Å². The van der Waals surface area contributed by atoms with Gasteiger partial charge in [-0.2, -0.15) is 0 Å². The van der Waals surface area contributed by atoms with E-state index in [-0.39, 0.29) is 56.1 Å². The molecule has 19 nitrogen and oxygen atoms in total. The van der Waals surface area contributed by atoms with E-state index >= 15 is 0 Å². The summed E-state index contributed by atoms with van der Waals surface area (Å²) in [4.78, 5) is 117. The van der Waals surface area contributed by atoms with Crippen molar-refractivity contribution in [2.75, 3.05) is 19.6 Å². The third-order valence-electron chi connectivity index (χ3n) is 9.27. The minimum Gasteiger partial charge on any atom is -0.612 e. The van der Waals surface area contributed by atoms with Crippen molar-refractivity contribution in [2.24, 2.45) is 0 Å². The average Bonchev–Trinajstić information content (AvgIpc) is 3.30. The Labute approximate surface area is 317 Å². The molecule has 3 aliphatic heterocycles. The number of carbonyl (C=O) groups excluding carboxylic acids is 9. The van der Waals surface area contributed by atoms with E-state index in [1.165, 1.54) is 24.8 Å². The van der Waals surface area contributed by atoms with E-state index in [9.17, 15) is 47.7 Å². The third kappa shape index (κ3) is 7.17. The largest absolute Gasteiger partial charge is 0.612 e. The second-order valence-electron chi connectivity index (χ2n) is 13.1. The lowest BCUT2D eigenvalue weighted by atomic mass is 9.92. The van der Waals surface area contributed by atoms with Gasteiger partial charge >= 0.3 is 34.7 Å². The summed E-state index contributed by atoms with van der Waals surface area (Å²) in [5.41, 5.74) is 0.455. The van der Waals surface area contributed by atoms with E-state index in [0.29, 0.717) is 10.6 Å². The normalized spacial score (nSPS) is 23.1. The van der Waals surface area contributed by atoms with E-state index in [1.54, 1.807) is 37.3 Å². The second kappa shape index (κ2) is 15.8. The van der Waals surface area contributed by atoms with Gasteiger partial charge in [0.2, 0.25) is 24.8 Å². The first-order valence-electron chi connectivity index (χ1n) is 16.9. The van der Waals surface area contributed by atoms with Crippen LogP contribution in [0.15, 0.2) is 48.5 Å². The molecule has 2 aromatic rings. The first-order valence-corrected chi connectivity index (χ1v) is 18.0. The maximum Gasteiger partial charge on any atom is 0.335 e. The molecule has 2 N–H and O–H groups in total. The van der Waals surface area contributed by atoms with Crippen LogP contribution in [0.2, 0.25) is 0 Å². The Morgan fingerprint density at radius 2 is 1.64 bits per heavy atom. The molecule has 0 saturated carbocycles. The quantitative estimate of drug-likeness (QED) is 0.0586. The van der Waals surface area contributed by atoms with Gasteiger partial charge in [-0.05, 0) is 44.0 Å². The van der Waals surface area contributed by atoms with Crippen molar-refractivity contribution in [3.05, 3.63) is 59.7 Å². The van der Waals surface area contributed by atoms with Crippen LogP contribution in [-0.2, 0) is 65.7 Å². The predicted molar refractivity (Wildman–Crippen MR) is 187 cm³/mol. The highest BCUT2D eigenvalue weighted by Gasteiger charge is 2.83. The summed E-state index contributed by atoms with van der Waals surface area (Å²) < 4.78 is 28.6. The zero-order chi connectivity index (χ0) is 40.4. The van der Waals surface area contributed by atoms with Crippen LogP contribution in [0, 0.1) is 0 Å². The molecule has 55 heavy (non-hydrogen) atoms. The molecule has 0 bridgehead atoms. The molecule has 3 heterocycles. The number of benzene rings is 2. The molecule has 5 atom stereocenters. The highest BCUT2D eigenvalue weighted by molar-refractivity contribution is 7.94. The molecule has 3 aliphatic rings. The van der Waals surface area contributed by atoms with Crippen LogP contribution in [-0.4, -0.2) is 120 Å². The summed E-state index contributed by atoms with van der Waals surface area (Å²) in [5.74, 6) is -7.50. The summed E-state index contributed by atoms with van der Waals surface area (Å²) in [7, 11) is 0.